The first-order valence-electron chi connectivity index (χ1n) is 6.32. The van der Waals surface area contributed by atoms with E-state index < -0.39 is 0 Å². The van der Waals surface area contributed by atoms with Crippen LogP contribution in [-0.2, 0) is 4.79 Å². The topological polar surface area (TPSA) is 32.3 Å². The molecule has 0 radical (unpaired) electrons. The van der Waals surface area contributed by atoms with Crippen LogP contribution in [-0.4, -0.2) is 37.4 Å². The van der Waals surface area contributed by atoms with Gasteiger partial charge in [0.25, 0.3) is 0 Å². The fourth-order valence-corrected chi connectivity index (χ4v) is 2.38. The summed E-state index contributed by atoms with van der Waals surface area (Å²) in [7, 11) is 2.18. The highest BCUT2D eigenvalue weighted by Gasteiger charge is 2.19. The highest BCUT2D eigenvalue weighted by atomic mass is 16.1. The van der Waals surface area contributed by atoms with E-state index in [2.05, 4.69) is 23.5 Å². The number of hydrogen-bond acceptors (Lipinski definition) is 3. The lowest BCUT2D eigenvalue weighted by molar-refractivity contribution is -0.106. The molecule has 1 atom stereocenters. The second kappa shape index (κ2) is 7.44. The summed E-state index contributed by atoms with van der Waals surface area (Å²) in [6.45, 7) is 3.89. The first kappa shape index (κ1) is 13.2. The Hall–Kier alpha value is -0.830. The number of hydrogen-bond donors (Lipinski definition) is 1. The highest BCUT2D eigenvalue weighted by Crippen LogP contribution is 2.22. The molecule has 2 heterocycles. The molecule has 16 heavy (non-hydrogen) atoms. The van der Waals surface area contributed by atoms with Crippen molar-refractivity contribution in [1.82, 2.24) is 10.2 Å². The van der Waals surface area contributed by atoms with Crippen molar-refractivity contribution in [2.24, 2.45) is 0 Å². The number of nitrogens with zero attached hydrogens (tertiary/aromatic N) is 1. The molecular formula is C13H24N2O. The van der Waals surface area contributed by atoms with Gasteiger partial charge in [-0.25, -0.2) is 0 Å². The van der Waals surface area contributed by atoms with Gasteiger partial charge in [-0.2, -0.15) is 0 Å². The molecular weight excluding hydrogens is 200 g/mol. The summed E-state index contributed by atoms with van der Waals surface area (Å²) in [5, 5.41) is 3.61. The lowest BCUT2D eigenvalue weighted by Crippen LogP contribution is -2.37. The van der Waals surface area contributed by atoms with Crippen LogP contribution in [0, 0.1) is 0 Å². The van der Waals surface area contributed by atoms with Crippen LogP contribution in [0.15, 0.2) is 11.8 Å². The Balaban J connectivity index is 0.000000386. The van der Waals surface area contributed by atoms with Crippen LogP contribution in [0.1, 0.15) is 39.0 Å². The monoisotopic (exact) mass is 224 g/mol. The molecule has 1 unspecified atom stereocenters. The van der Waals surface area contributed by atoms with Gasteiger partial charge in [0.2, 0.25) is 0 Å². The second-order valence-electron chi connectivity index (χ2n) is 4.53. The van der Waals surface area contributed by atoms with E-state index in [0.29, 0.717) is 6.04 Å². The van der Waals surface area contributed by atoms with E-state index in [1.54, 1.807) is 5.57 Å². The second-order valence-corrected chi connectivity index (χ2v) is 4.53. The van der Waals surface area contributed by atoms with Gasteiger partial charge < -0.3 is 15.0 Å². The molecule has 2 aliphatic heterocycles. The summed E-state index contributed by atoms with van der Waals surface area (Å²) < 4.78 is 0. The molecule has 1 fully saturated rings. The quantitative estimate of drug-likeness (QED) is 0.691. The number of aldehydes is 1. The molecule has 3 heteroatoms. The van der Waals surface area contributed by atoms with E-state index in [4.69, 9.17) is 4.79 Å². The predicted molar refractivity (Wildman–Crippen MR) is 67.3 cm³/mol. The molecule has 0 aromatic heterocycles. The minimum Gasteiger partial charge on any atom is -0.380 e. The molecule has 0 saturated carbocycles. The van der Waals surface area contributed by atoms with Crippen LogP contribution in [0.3, 0.4) is 0 Å². The largest absolute Gasteiger partial charge is 0.380 e. The number of piperidine rings is 1. The van der Waals surface area contributed by atoms with Gasteiger partial charge in [0, 0.05) is 19.6 Å². The summed E-state index contributed by atoms with van der Waals surface area (Å²) in [6.07, 6.45) is 9.85. The summed E-state index contributed by atoms with van der Waals surface area (Å²) in [4.78, 5) is 11.1. The van der Waals surface area contributed by atoms with Gasteiger partial charge >= 0.3 is 0 Å². The van der Waals surface area contributed by atoms with Gasteiger partial charge in [-0.3, -0.25) is 0 Å². The minimum atomic E-state index is 0.691. The molecule has 0 spiro atoms. The third-order valence-electron chi connectivity index (χ3n) is 3.12. The maximum Gasteiger partial charge on any atom is 0.116 e. The number of rotatable bonds is 1. The van der Waals surface area contributed by atoms with Crippen molar-refractivity contribution in [3.63, 3.8) is 0 Å². The van der Waals surface area contributed by atoms with E-state index >= 15 is 0 Å². The first-order valence-corrected chi connectivity index (χ1v) is 6.32. The standard InChI is InChI=1S/C11H20N2.C2H4O/c1-13-8-4-5-10(9-13)11-6-2-3-7-12-11;1-2-3/h9,11-12H,2-8H2,1H3;2H,1H3. The van der Waals surface area contributed by atoms with Crippen molar-refractivity contribution < 1.29 is 4.79 Å². The van der Waals surface area contributed by atoms with E-state index in [1.165, 1.54) is 52.1 Å². The molecule has 2 rings (SSSR count). The van der Waals surface area contributed by atoms with Crippen LogP contribution in [0.4, 0.5) is 0 Å². The summed E-state index contributed by atoms with van der Waals surface area (Å²) in [5.41, 5.74) is 1.63. The fourth-order valence-electron chi connectivity index (χ4n) is 2.38. The van der Waals surface area contributed by atoms with Crippen LogP contribution in [0.25, 0.3) is 0 Å². The van der Waals surface area contributed by atoms with Crippen molar-refractivity contribution in [2.45, 2.75) is 45.1 Å². The van der Waals surface area contributed by atoms with E-state index in [9.17, 15) is 0 Å². The fraction of sp³-hybridized carbons (Fsp3) is 0.769. The normalized spacial score (nSPS) is 25.2. The molecule has 2 aliphatic rings. The van der Waals surface area contributed by atoms with Crippen molar-refractivity contribution in [3.05, 3.63) is 11.8 Å². The Morgan fingerprint density at radius 2 is 2.19 bits per heavy atom. The Morgan fingerprint density at radius 1 is 1.44 bits per heavy atom. The van der Waals surface area contributed by atoms with Crippen molar-refractivity contribution in [2.75, 3.05) is 20.1 Å². The third kappa shape index (κ3) is 4.35. The SMILES string of the molecule is CC=O.CN1C=C(C2CCCCN2)CCC1. The van der Waals surface area contributed by atoms with Crippen molar-refractivity contribution in [3.8, 4) is 0 Å². The lowest BCUT2D eigenvalue weighted by atomic mass is 9.93. The Labute approximate surface area is 98.9 Å². The Bertz CT molecular complexity index is 232. The summed E-state index contributed by atoms with van der Waals surface area (Å²) in [5.74, 6) is 0. The smallest absolute Gasteiger partial charge is 0.116 e. The van der Waals surface area contributed by atoms with Gasteiger partial charge in [0.1, 0.15) is 6.29 Å². The van der Waals surface area contributed by atoms with Gasteiger partial charge in [0.05, 0.1) is 0 Å². The zero-order valence-corrected chi connectivity index (χ0v) is 10.5. The Morgan fingerprint density at radius 3 is 2.75 bits per heavy atom. The van der Waals surface area contributed by atoms with Gasteiger partial charge in [-0.05, 0) is 50.9 Å². The molecule has 0 bridgehead atoms. The molecule has 0 aliphatic carbocycles. The minimum absolute atomic E-state index is 0.691. The van der Waals surface area contributed by atoms with Crippen molar-refractivity contribution >= 4 is 6.29 Å². The van der Waals surface area contributed by atoms with E-state index in [-0.39, 0.29) is 0 Å². The van der Waals surface area contributed by atoms with E-state index in [1.807, 2.05) is 0 Å². The van der Waals surface area contributed by atoms with Crippen LogP contribution in [0.5, 0.6) is 0 Å². The van der Waals surface area contributed by atoms with Crippen LogP contribution in [0.2, 0.25) is 0 Å². The number of carbonyl (C=O) groups excluding carboxylic acids is 1. The zero-order chi connectivity index (χ0) is 11.8. The molecule has 92 valence electrons. The highest BCUT2D eigenvalue weighted by molar-refractivity contribution is 5.44. The van der Waals surface area contributed by atoms with Gasteiger partial charge in [-0.1, -0.05) is 6.42 Å². The van der Waals surface area contributed by atoms with Crippen molar-refractivity contribution in [1.29, 1.82) is 0 Å². The van der Waals surface area contributed by atoms with Crippen LogP contribution < -0.4 is 5.32 Å². The molecule has 1 saturated heterocycles. The summed E-state index contributed by atoms with van der Waals surface area (Å²) in [6, 6.07) is 0.691. The molecule has 0 aromatic rings. The summed E-state index contributed by atoms with van der Waals surface area (Å²) >= 11 is 0. The maximum absolute atomic E-state index is 8.81. The predicted octanol–water partition coefficient (Wildman–Crippen LogP) is 1.94. The zero-order valence-electron chi connectivity index (χ0n) is 10.5. The molecule has 1 N–H and O–H groups in total. The number of nitrogens with one attached hydrogen (secondary N) is 1. The van der Waals surface area contributed by atoms with Gasteiger partial charge in [0.15, 0.2) is 0 Å². The average Bonchev–Trinajstić information content (AvgIpc) is 2.31. The average molecular weight is 224 g/mol. The number of carbonyl (C=O) groups is 1. The molecule has 3 nitrogen and oxygen atoms in total. The first-order chi connectivity index (χ1) is 7.77. The molecule has 0 amide bonds. The Kier molecular flexibility index (Phi) is 6.16. The maximum atomic E-state index is 8.81. The van der Waals surface area contributed by atoms with Crippen LogP contribution >= 0.6 is 0 Å². The molecule has 0 aromatic carbocycles. The third-order valence-corrected chi connectivity index (χ3v) is 3.12. The van der Waals surface area contributed by atoms with Gasteiger partial charge in [-0.15, -0.1) is 0 Å². The lowest BCUT2D eigenvalue weighted by Gasteiger charge is -2.31. The van der Waals surface area contributed by atoms with E-state index in [0.717, 1.165) is 6.29 Å².